The maximum absolute atomic E-state index is 8.81. The molecule has 0 aliphatic heterocycles. The topological polar surface area (TPSA) is 43.1 Å². The molecule has 1 aromatic carbocycles. The van der Waals surface area contributed by atoms with Gasteiger partial charge in [-0.05, 0) is 26.0 Å². The van der Waals surface area contributed by atoms with Crippen LogP contribution >= 0.6 is 0 Å². The largest absolute Gasteiger partial charge is 0.399 e. The minimum Gasteiger partial charge on any atom is -0.399 e. The average Bonchev–Trinajstić information content (AvgIpc) is 1.97. The molecule has 2 heteroatoms. The molecular formula is C9H13NO. The Morgan fingerprint density at radius 2 is 1.64 bits per heavy atom. The first kappa shape index (κ1) is 9.69. The number of hydrogen-bond acceptors (Lipinski definition) is 2. The summed E-state index contributed by atoms with van der Waals surface area (Å²) in [6.45, 7) is 3.49. The van der Waals surface area contributed by atoms with Gasteiger partial charge in [-0.1, -0.05) is 17.7 Å². The lowest BCUT2D eigenvalue weighted by Gasteiger charge is -1.90. The maximum atomic E-state index is 8.81. The molecular weight excluding hydrogens is 138 g/mol. The number of anilines is 1. The van der Waals surface area contributed by atoms with Crippen molar-refractivity contribution in [2.45, 2.75) is 13.8 Å². The molecule has 0 spiro atoms. The van der Waals surface area contributed by atoms with Crippen LogP contribution in [0, 0.1) is 6.92 Å². The Bertz CT molecular complexity index is 182. The van der Waals surface area contributed by atoms with Crippen LogP contribution in [0.4, 0.5) is 5.69 Å². The van der Waals surface area contributed by atoms with Crippen molar-refractivity contribution >= 4 is 12.0 Å². The molecule has 0 atom stereocenters. The fourth-order valence-electron chi connectivity index (χ4n) is 0.566. The van der Waals surface area contributed by atoms with Gasteiger partial charge in [-0.15, -0.1) is 0 Å². The van der Waals surface area contributed by atoms with E-state index in [9.17, 15) is 0 Å². The van der Waals surface area contributed by atoms with E-state index in [0.29, 0.717) is 0 Å². The Balaban J connectivity index is 0.000000292. The highest BCUT2D eigenvalue weighted by molar-refractivity contribution is 5.44. The molecule has 0 unspecified atom stereocenters. The normalized spacial score (nSPS) is 7.82. The fraction of sp³-hybridized carbons (Fsp3) is 0.222. The molecule has 0 aliphatic carbocycles. The molecule has 0 aromatic heterocycles. The van der Waals surface area contributed by atoms with Gasteiger partial charge in [0.25, 0.3) is 0 Å². The third-order valence-corrected chi connectivity index (χ3v) is 1.08. The number of benzene rings is 1. The monoisotopic (exact) mass is 151 g/mol. The van der Waals surface area contributed by atoms with Crippen LogP contribution in [0.2, 0.25) is 0 Å². The minimum absolute atomic E-state index is 0.750. The molecule has 1 aromatic rings. The SMILES string of the molecule is CC=O.Cc1ccc(N)cc1. The third kappa shape index (κ3) is 5.15. The van der Waals surface area contributed by atoms with Gasteiger partial charge >= 0.3 is 0 Å². The van der Waals surface area contributed by atoms with E-state index in [1.165, 1.54) is 12.5 Å². The smallest absolute Gasteiger partial charge is 0.116 e. The van der Waals surface area contributed by atoms with E-state index in [4.69, 9.17) is 10.5 Å². The summed E-state index contributed by atoms with van der Waals surface area (Å²) >= 11 is 0. The average molecular weight is 151 g/mol. The van der Waals surface area contributed by atoms with E-state index >= 15 is 0 Å². The first-order valence-electron chi connectivity index (χ1n) is 3.42. The zero-order valence-electron chi connectivity index (χ0n) is 6.87. The van der Waals surface area contributed by atoms with Crippen LogP contribution in [0.5, 0.6) is 0 Å². The van der Waals surface area contributed by atoms with Crippen LogP contribution in [0.25, 0.3) is 0 Å². The van der Waals surface area contributed by atoms with Gasteiger partial charge in [0.15, 0.2) is 0 Å². The number of aldehydes is 1. The van der Waals surface area contributed by atoms with Crippen molar-refractivity contribution in [3.8, 4) is 0 Å². The number of aryl methyl sites for hydroxylation is 1. The number of nitrogens with two attached hydrogens (primary N) is 1. The number of carbonyl (C=O) groups excluding carboxylic acids is 1. The van der Waals surface area contributed by atoms with E-state index in [2.05, 4.69) is 0 Å². The third-order valence-electron chi connectivity index (χ3n) is 1.08. The van der Waals surface area contributed by atoms with Crippen molar-refractivity contribution in [1.29, 1.82) is 0 Å². The molecule has 0 bridgehead atoms. The summed E-state index contributed by atoms with van der Waals surface area (Å²) < 4.78 is 0. The van der Waals surface area contributed by atoms with Crippen LogP contribution in [-0.4, -0.2) is 6.29 Å². The van der Waals surface area contributed by atoms with Gasteiger partial charge in [0.05, 0.1) is 0 Å². The highest BCUT2D eigenvalue weighted by atomic mass is 16.1. The molecule has 0 heterocycles. The quantitative estimate of drug-likeness (QED) is 0.453. The Hall–Kier alpha value is -1.31. The lowest BCUT2D eigenvalue weighted by molar-refractivity contribution is -0.106. The van der Waals surface area contributed by atoms with Gasteiger partial charge < -0.3 is 10.5 Å². The first-order valence-corrected chi connectivity index (χ1v) is 3.42. The summed E-state index contributed by atoms with van der Waals surface area (Å²) in [5.41, 5.74) is 7.51. The predicted octanol–water partition coefficient (Wildman–Crippen LogP) is 1.78. The maximum Gasteiger partial charge on any atom is 0.116 e. The van der Waals surface area contributed by atoms with Crippen LogP contribution in [0.3, 0.4) is 0 Å². The van der Waals surface area contributed by atoms with E-state index in [1.54, 1.807) is 0 Å². The Morgan fingerprint density at radius 3 is 1.91 bits per heavy atom. The Labute approximate surface area is 67.0 Å². The summed E-state index contributed by atoms with van der Waals surface area (Å²) in [4.78, 5) is 8.81. The molecule has 2 nitrogen and oxygen atoms in total. The summed E-state index contributed by atoms with van der Waals surface area (Å²) in [7, 11) is 0. The van der Waals surface area contributed by atoms with Crippen LogP contribution in [0.15, 0.2) is 24.3 Å². The first-order chi connectivity index (χ1) is 5.20. The lowest BCUT2D eigenvalue weighted by atomic mass is 10.2. The zero-order chi connectivity index (χ0) is 8.69. The van der Waals surface area contributed by atoms with Gasteiger partial charge in [0.2, 0.25) is 0 Å². The van der Waals surface area contributed by atoms with Crippen LogP contribution < -0.4 is 5.73 Å². The van der Waals surface area contributed by atoms with Gasteiger partial charge in [0, 0.05) is 5.69 Å². The molecule has 1 rings (SSSR count). The number of carbonyl (C=O) groups is 1. The molecule has 0 radical (unpaired) electrons. The number of hydrogen-bond donors (Lipinski definition) is 1. The molecule has 60 valence electrons. The molecule has 0 fully saturated rings. The van der Waals surface area contributed by atoms with Gasteiger partial charge in [-0.3, -0.25) is 0 Å². The van der Waals surface area contributed by atoms with Gasteiger partial charge in [-0.25, -0.2) is 0 Å². The molecule has 0 amide bonds. The number of rotatable bonds is 0. The van der Waals surface area contributed by atoms with Gasteiger partial charge in [-0.2, -0.15) is 0 Å². The summed E-state index contributed by atoms with van der Waals surface area (Å²) in [5, 5.41) is 0. The summed E-state index contributed by atoms with van der Waals surface area (Å²) in [5.74, 6) is 0. The summed E-state index contributed by atoms with van der Waals surface area (Å²) in [6.07, 6.45) is 0.750. The second kappa shape index (κ2) is 5.47. The highest BCUT2D eigenvalue weighted by Crippen LogP contribution is 2.02. The highest BCUT2D eigenvalue weighted by Gasteiger charge is 1.80. The van der Waals surface area contributed by atoms with E-state index < -0.39 is 0 Å². The van der Waals surface area contributed by atoms with Crippen molar-refractivity contribution in [3.63, 3.8) is 0 Å². The second-order valence-electron chi connectivity index (χ2n) is 2.15. The van der Waals surface area contributed by atoms with E-state index in [-0.39, 0.29) is 0 Å². The zero-order valence-corrected chi connectivity index (χ0v) is 6.87. The standard InChI is InChI=1S/C7H9N.C2H4O/c1-6-2-4-7(8)5-3-6;1-2-3/h2-5H,8H2,1H3;2H,1H3. The van der Waals surface area contributed by atoms with Crippen molar-refractivity contribution in [2.75, 3.05) is 5.73 Å². The molecule has 0 aliphatic rings. The van der Waals surface area contributed by atoms with Crippen LogP contribution in [-0.2, 0) is 4.79 Å². The van der Waals surface area contributed by atoms with Gasteiger partial charge in [0.1, 0.15) is 6.29 Å². The molecule has 2 N–H and O–H groups in total. The van der Waals surface area contributed by atoms with E-state index in [1.807, 2.05) is 31.2 Å². The fourth-order valence-corrected chi connectivity index (χ4v) is 0.566. The van der Waals surface area contributed by atoms with E-state index in [0.717, 1.165) is 12.0 Å². The van der Waals surface area contributed by atoms with Crippen molar-refractivity contribution in [2.24, 2.45) is 0 Å². The minimum atomic E-state index is 0.750. The molecule has 0 saturated heterocycles. The summed E-state index contributed by atoms with van der Waals surface area (Å²) in [6, 6.07) is 7.79. The Morgan fingerprint density at radius 1 is 1.27 bits per heavy atom. The second-order valence-corrected chi connectivity index (χ2v) is 2.15. The number of nitrogen functional groups attached to an aromatic ring is 1. The van der Waals surface area contributed by atoms with Crippen molar-refractivity contribution < 1.29 is 4.79 Å². The van der Waals surface area contributed by atoms with Crippen molar-refractivity contribution in [1.82, 2.24) is 0 Å². The molecule has 0 saturated carbocycles. The Kier molecular flexibility index (Phi) is 4.82. The van der Waals surface area contributed by atoms with Crippen molar-refractivity contribution in [3.05, 3.63) is 29.8 Å². The molecule has 11 heavy (non-hydrogen) atoms. The lowest BCUT2D eigenvalue weighted by Crippen LogP contribution is -1.81. The van der Waals surface area contributed by atoms with Crippen LogP contribution in [0.1, 0.15) is 12.5 Å². The predicted molar refractivity (Wildman–Crippen MR) is 47.3 cm³/mol.